The van der Waals surface area contributed by atoms with Crippen molar-refractivity contribution in [2.75, 3.05) is 0 Å². The Bertz CT molecular complexity index is 289. The molecule has 12 heavy (non-hydrogen) atoms. The molecular weight excluding hydrogens is 152 g/mol. The average molecular weight is 166 g/mol. The van der Waals surface area contributed by atoms with Gasteiger partial charge in [-0.05, 0) is 20.3 Å². The second kappa shape index (κ2) is 3.52. The van der Waals surface area contributed by atoms with Crippen molar-refractivity contribution in [3.05, 3.63) is 17.0 Å². The molecule has 66 valence electrons. The van der Waals surface area contributed by atoms with Crippen LogP contribution in [0.1, 0.15) is 35.1 Å². The lowest BCUT2D eigenvalue weighted by molar-refractivity contribution is 0.112. The molecule has 0 amide bonds. The predicted octanol–water partition coefficient (Wildman–Crippen LogP) is 1.72. The van der Waals surface area contributed by atoms with Crippen LogP contribution in [0.2, 0.25) is 0 Å². The van der Waals surface area contributed by atoms with Crippen molar-refractivity contribution in [3.63, 3.8) is 0 Å². The van der Waals surface area contributed by atoms with Crippen molar-refractivity contribution >= 4 is 6.29 Å². The number of aryl methyl sites for hydroxylation is 2. The van der Waals surface area contributed by atoms with E-state index in [2.05, 4.69) is 12.0 Å². The summed E-state index contributed by atoms with van der Waals surface area (Å²) in [5, 5.41) is 4.26. The molecule has 0 fully saturated rings. The minimum absolute atomic E-state index is 0.739. The van der Waals surface area contributed by atoms with Crippen LogP contribution >= 0.6 is 0 Å². The summed E-state index contributed by atoms with van der Waals surface area (Å²) in [6.45, 7) is 6.78. The molecule has 0 radical (unpaired) electrons. The molecule has 0 atom stereocenters. The summed E-state index contributed by atoms with van der Waals surface area (Å²) in [5.74, 6) is 0. The van der Waals surface area contributed by atoms with Crippen molar-refractivity contribution in [3.8, 4) is 0 Å². The number of rotatable bonds is 3. The van der Waals surface area contributed by atoms with Crippen LogP contribution < -0.4 is 0 Å². The Morgan fingerprint density at radius 2 is 2.17 bits per heavy atom. The van der Waals surface area contributed by atoms with Crippen LogP contribution in [0.4, 0.5) is 0 Å². The van der Waals surface area contributed by atoms with Gasteiger partial charge < -0.3 is 0 Å². The van der Waals surface area contributed by atoms with Gasteiger partial charge in [0.25, 0.3) is 0 Å². The number of hydrogen-bond donors (Lipinski definition) is 0. The van der Waals surface area contributed by atoms with E-state index in [1.807, 2.05) is 18.5 Å². The Kier molecular flexibility index (Phi) is 2.63. The average Bonchev–Trinajstić information content (AvgIpc) is 2.29. The number of aldehydes is 1. The van der Waals surface area contributed by atoms with E-state index in [0.29, 0.717) is 0 Å². The molecule has 1 rings (SSSR count). The summed E-state index contributed by atoms with van der Waals surface area (Å²) >= 11 is 0. The number of aromatic nitrogens is 2. The lowest BCUT2D eigenvalue weighted by atomic mass is 10.2. The van der Waals surface area contributed by atoms with Crippen molar-refractivity contribution < 1.29 is 4.79 Å². The van der Waals surface area contributed by atoms with E-state index in [1.54, 1.807) is 0 Å². The quantitative estimate of drug-likeness (QED) is 0.641. The molecule has 0 N–H and O–H groups in total. The Hall–Kier alpha value is -1.12. The van der Waals surface area contributed by atoms with Crippen LogP contribution in [0.5, 0.6) is 0 Å². The Morgan fingerprint density at radius 1 is 1.50 bits per heavy atom. The van der Waals surface area contributed by atoms with E-state index in [4.69, 9.17) is 0 Å². The second-order valence-electron chi connectivity index (χ2n) is 2.93. The number of carbonyl (C=O) groups is 1. The van der Waals surface area contributed by atoms with Gasteiger partial charge in [0.05, 0.1) is 11.3 Å². The van der Waals surface area contributed by atoms with Crippen LogP contribution in [-0.2, 0) is 6.54 Å². The third kappa shape index (κ3) is 1.40. The maximum atomic E-state index is 10.6. The highest BCUT2D eigenvalue weighted by Gasteiger charge is 2.08. The zero-order valence-electron chi connectivity index (χ0n) is 7.79. The summed E-state index contributed by atoms with van der Waals surface area (Å²) in [5.41, 5.74) is 2.55. The molecule has 0 spiro atoms. The van der Waals surface area contributed by atoms with Gasteiger partial charge in [0.1, 0.15) is 0 Å². The lowest BCUT2D eigenvalue weighted by Crippen LogP contribution is -2.01. The largest absolute Gasteiger partial charge is 0.298 e. The van der Waals surface area contributed by atoms with E-state index < -0.39 is 0 Å². The molecule has 0 unspecified atom stereocenters. The Balaban J connectivity index is 3.08. The standard InChI is InChI=1S/C9H14N2O/c1-4-5-11-8(3)9(6-12)7(2)10-11/h6H,4-5H2,1-3H3. The second-order valence-corrected chi connectivity index (χ2v) is 2.93. The molecular formula is C9H14N2O. The number of nitrogens with zero attached hydrogens (tertiary/aromatic N) is 2. The fourth-order valence-corrected chi connectivity index (χ4v) is 1.31. The van der Waals surface area contributed by atoms with E-state index in [1.165, 1.54) is 0 Å². The highest BCUT2D eigenvalue weighted by molar-refractivity contribution is 5.77. The van der Waals surface area contributed by atoms with E-state index >= 15 is 0 Å². The fourth-order valence-electron chi connectivity index (χ4n) is 1.31. The van der Waals surface area contributed by atoms with Crippen molar-refractivity contribution in [1.82, 2.24) is 9.78 Å². The Morgan fingerprint density at radius 3 is 2.58 bits per heavy atom. The van der Waals surface area contributed by atoms with Crippen LogP contribution in [-0.4, -0.2) is 16.1 Å². The zero-order chi connectivity index (χ0) is 9.14. The van der Waals surface area contributed by atoms with Crippen molar-refractivity contribution in [1.29, 1.82) is 0 Å². The first-order chi connectivity index (χ1) is 5.70. The highest BCUT2D eigenvalue weighted by Crippen LogP contribution is 2.10. The van der Waals surface area contributed by atoms with Crippen LogP contribution in [0, 0.1) is 13.8 Å². The molecule has 3 heteroatoms. The molecule has 0 saturated heterocycles. The van der Waals surface area contributed by atoms with Gasteiger partial charge in [-0.2, -0.15) is 5.10 Å². The molecule has 0 aliphatic carbocycles. The van der Waals surface area contributed by atoms with Crippen molar-refractivity contribution in [2.45, 2.75) is 33.7 Å². The van der Waals surface area contributed by atoms with E-state index in [-0.39, 0.29) is 0 Å². The number of hydrogen-bond acceptors (Lipinski definition) is 2. The molecule has 3 nitrogen and oxygen atoms in total. The Labute approximate surface area is 72.4 Å². The molecule has 0 aliphatic heterocycles. The normalized spacial score (nSPS) is 10.2. The molecule has 0 bridgehead atoms. The molecule has 1 aromatic heterocycles. The van der Waals surface area contributed by atoms with Gasteiger partial charge in [-0.15, -0.1) is 0 Å². The molecule has 1 aromatic rings. The summed E-state index contributed by atoms with van der Waals surface area (Å²) in [6, 6.07) is 0. The van der Waals surface area contributed by atoms with Gasteiger partial charge in [-0.3, -0.25) is 9.48 Å². The monoisotopic (exact) mass is 166 g/mol. The molecule has 1 heterocycles. The van der Waals surface area contributed by atoms with Gasteiger partial charge in [0, 0.05) is 12.2 Å². The third-order valence-electron chi connectivity index (χ3n) is 1.99. The SMILES string of the molecule is CCCn1nc(C)c(C=O)c1C. The summed E-state index contributed by atoms with van der Waals surface area (Å²) in [4.78, 5) is 10.6. The molecule has 0 aromatic carbocycles. The smallest absolute Gasteiger partial charge is 0.153 e. The minimum atomic E-state index is 0.739. The molecule has 0 saturated carbocycles. The van der Waals surface area contributed by atoms with Gasteiger partial charge >= 0.3 is 0 Å². The van der Waals surface area contributed by atoms with Gasteiger partial charge in [0.2, 0.25) is 0 Å². The first-order valence-corrected chi connectivity index (χ1v) is 4.19. The van der Waals surface area contributed by atoms with Crippen molar-refractivity contribution in [2.24, 2.45) is 0 Å². The third-order valence-corrected chi connectivity index (χ3v) is 1.99. The highest BCUT2D eigenvalue weighted by atomic mass is 16.1. The van der Waals surface area contributed by atoms with E-state index in [0.717, 1.165) is 36.2 Å². The van der Waals surface area contributed by atoms with Crippen LogP contribution in [0.15, 0.2) is 0 Å². The van der Waals surface area contributed by atoms with Crippen LogP contribution in [0.3, 0.4) is 0 Å². The maximum absolute atomic E-state index is 10.6. The first kappa shape index (κ1) is 8.97. The van der Waals surface area contributed by atoms with Gasteiger partial charge in [0.15, 0.2) is 6.29 Å². The summed E-state index contributed by atoms with van der Waals surface area (Å²) in [7, 11) is 0. The summed E-state index contributed by atoms with van der Waals surface area (Å²) < 4.78 is 1.89. The van der Waals surface area contributed by atoms with Gasteiger partial charge in [-0.25, -0.2) is 0 Å². The fraction of sp³-hybridized carbons (Fsp3) is 0.556. The van der Waals surface area contributed by atoms with Crippen LogP contribution in [0.25, 0.3) is 0 Å². The van der Waals surface area contributed by atoms with E-state index in [9.17, 15) is 4.79 Å². The number of carbonyl (C=O) groups excluding carboxylic acids is 1. The maximum Gasteiger partial charge on any atom is 0.153 e. The zero-order valence-corrected chi connectivity index (χ0v) is 7.79. The minimum Gasteiger partial charge on any atom is -0.298 e. The lowest BCUT2D eigenvalue weighted by Gasteiger charge is -1.99. The summed E-state index contributed by atoms with van der Waals surface area (Å²) in [6.07, 6.45) is 1.92. The molecule has 0 aliphatic rings. The predicted molar refractivity (Wildman–Crippen MR) is 47.4 cm³/mol. The first-order valence-electron chi connectivity index (χ1n) is 4.19. The topological polar surface area (TPSA) is 34.9 Å². The van der Waals surface area contributed by atoms with Gasteiger partial charge in [-0.1, -0.05) is 6.92 Å².